The molecule has 2 N–H and O–H groups in total. The first-order chi connectivity index (χ1) is 12.9. The number of likely N-dealkylation sites (tertiary alicyclic amines) is 1. The number of carbonyl (C=O) groups excluding carboxylic acids is 1. The largest absolute Gasteiger partial charge is 0.479 e. The molecule has 27 heavy (non-hydrogen) atoms. The zero-order valence-corrected chi connectivity index (χ0v) is 14.7. The first kappa shape index (κ1) is 17.7. The third-order valence-electron chi connectivity index (χ3n) is 5.48. The van der Waals surface area contributed by atoms with Crippen LogP contribution in [0.3, 0.4) is 0 Å². The molecule has 7 nitrogen and oxygen atoms in total. The van der Waals surface area contributed by atoms with E-state index in [0.29, 0.717) is 11.4 Å². The van der Waals surface area contributed by atoms with Gasteiger partial charge in [0.25, 0.3) is 5.91 Å². The number of aliphatic carboxylic acids is 1. The summed E-state index contributed by atoms with van der Waals surface area (Å²) in [5, 5.41) is 23.7. The van der Waals surface area contributed by atoms with Gasteiger partial charge >= 0.3 is 5.97 Å². The number of amides is 1. The van der Waals surface area contributed by atoms with Crippen LogP contribution in [0.2, 0.25) is 0 Å². The zero-order valence-electron chi connectivity index (χ0n) is 14.7. The Labute approximate surface area is 155 Å². The summed E-state index contributed by atoms with van der Waals surface area (Å²) in [5.41, 5.74) is 1.17. The van der Waals surface area contributed by atoms with Crippen molar-refractivity contribution < 1.29 is 24.2 Å². The van der Waals surface area contributed by atoms with Gasteiger partial charge in [0.2, 0.25) is 0 Å². The monoisotopic (exact) mass is 373 g/mol. The second-order valence-electron chi connectivity index (χ2n) is 7.14. The summed E-state index contributed by atoms with van der Waals surface area (Å²) in [5.74, 6) is -1.84. The minimum Gasteiger partial charge on any atom is -0.479 e. The van der Waals surface area contributed by atoms with E-state index in [-0.39, 0.29) is 37.7 Å². The van der Waals surface area contributed by atoms with E-state index in [1.165, 1.54) is 12.1 Å². The number of aromatic nitrogens is 2. The molecule has 0 spiro atoms. The Kier molecular flexibility index (Phi) is 4.22. The molecule has 0 bridgehead atoms. The van der Waals surface area contributed by atoms with Gasteiger partial charge in [-0.1, -0.05) is 0 Å². The lowest BCUT2D eigenvalue weighted by molar-refractivity contribution is -0.162. The fourth-order valence-corrected chi connectivity index (χ4v) is 3.85. The molecule has 1 aliphatic carbocycles. The van der Waals surface area contributed by atoms with Crippen molar-refractivity contribution in [2.24, 2.45) is 0 Å². The predicted octanol–water partition coefficient (Wildman–Crippen LogP) is 1.55. The van der Waals surface area contributed by atoms with E-state index in [2.05, 4.69) is 5.10 Å². The molecule has 2 aromatic rings. The van der Waals surface area contributed by atoms with E-state index in [4.69, 9.17) is 5.11 Å². The van der Waals surface area contributed by atoms with Crippen molar-refractivity contribution in [2.75, 3.05) is 13.1 Å². The van der Waals surface area contributed by atoms with Crippen LogP contribution >= 0.6 is 0 Å². The highest BCUT2D eigenvalue weighted by atomic mass is 19.1. The Bertz CT molecular complexity index is 898. The van der Waals surface area contributed by atoms with Gasteiger partial charge in [-0.25, -0.2) is 13.9 Å². The number of carboxylic acids is 1. The first-order valence-electron chi connectivity index (χ1n) is 9.01. The molecular weight excluding hydrogens is 353 g/mol. The second kappa shape index (κ2) is 6.45. The Balaban J connectivity index is 1.61. The fraction of sp³-hybridized carbons (Fsp3) is 0.421. The number of rotatable bonds is 3. The van der Waals surface area contributed by atoms with Gasteiger partial charge in [-0.3, -0.25) is 4.79 Å². The van der Waals surface area contributed by atoms with Crippen molar-refractivity contribution in [3.05, 3.63) is 47.0 Å². The molecule has 1 amide bonds. The average Bonchev–Trinajstić information content (AvgIpc) is 3.25. The van der Waals surface area contributed by atoms with Crippen LogP contribution in [0.4, 0.5) is 4.39 Å². The van der Waals surface area contributed by atoms with E-state index in [1.807, 2.05) is 0 Å². The van der Waals surface area contributed by atoms with Gasteiger partial charge in [-0.15, -0.1) is 0 Å². The highest BCUT2D eigenvalue weighted by Gasteiger charge is 2.41. The third kappa shape index (κ3) is 2.99. The maximum atomic E-state index is 13.2. The van der Waals surface area contributed by atoms with Crippen LogP contribution in [0.5, 0.6) is 0 Å². The summed E-state index contributed by atoms with van der Waals surface area (Å²) >= 11 is 0. The maximum absolute atomic E-state index is 13.2. The molecular formula is C19H20FN3O4. The van der Waals surface area contributed by atoms with Gasteiger partial charge in [0, 0.05) is 37.2 Å². The molecule has 2 heterocycles. The van der Waals surface area contributed by atoms with Gasteiger partial charge in [0.05, 0.1) is 5.69 Å². The molecule has 0 unspecified atom stereocenters. The fourth-order valence-electron chi connectivity index (χ4n) is 3.85. The maximum Gasteiger partial charge on any atom is 0.335 e. The van der Waals surface area contributed by atoms with Crippen molar-refractivity contribution >= 4 is 11.9 Å². The molecule has 8 heteroatoms. The van der Waals surface area contributed by atoms with Gasteiger partial charge in [-0.05, 0) is 43.5 Å². The summed E-state index contributed by atoms with van der Waals surface area (Å²) in [6.07, 6.45) is 2.47. The topological polar surface area (TPSA) is 95.7 Å². The van der Waals surface area contributed by atoms with Crippen LogP contribution in [-0.2, 0) is 17.6 Å². The van der Waals surface area contributed by atoms with Crippen LogP contribution in [0.1, 0.15) is 41.0 Å². The Hall–Kier alpha value is -2.74. The highest BCUT2D eigenvalue weighted by Crippen LogP contribution is 2.30. The van der Waals surface area contributed by atoms with Crippen LogP contribution in [-0.4, -0.2) is 55.5 Å². The molecule has 1 fully saturated rings. The predicted molar refractivity (Wildman–Crippen MR) is 93.3 cm³/mol. The summed E-state index contributed by atoms with van der Waals surface area (Å²) in [6.45, 7) is 0.333. The quantitative estimate of drug-likeness (QED) is 0.851. The number of fused-ring (bicyclic) bond motifs is 1. The van der Waals surface area contributed by atoms with E-state index in [0.717, 1.165) is 30.5 Å². The molecule has 1 aromatic heterocycles. The van der Waals surface area contributed by atoms with Gasteiger partial charge < -0.3 is 15.1 Å². The van der Waals surface area contributed by atoms with Crippen LogP contribution < -0.4 is 0 Å². The number of carboxylic acid groups (broad SMARTS) is 1. The van der Waals surface area contributed by atoms with Crippen molar-refractivity contribution in [1.82, 2.24) is 14.7 Å². The minimum atomic E-state index is -1.77. The van der Waals surface area contributed by atoms with Crippen LogP contribution in [0.25, 0.3) is 5.69 Å². The smallest absolute Gasteiger partial charge is 0.335 e. The normalized spacial score (nSPS) is 18.4. The van der Waals surface area contributed by atoms with Crippen LogP contribution in [0.15, 0.2) is 24.3 Å². The third-order valence-corrected chi connectivity index (χ3v) is 5.48. The van der Waals surface area contributed by atoms with Gasteiger partial charge in [0.15, 0.2) is 11.3 Å². The number of aliphatic hydroxyl groups is 1. The number of hydrogen-bond acceptors (Lipinski definition) is 4. The molecule has 1 saturated heterocycles. The second-order valence-corrected chi connectivity index (χ2v) is 7.14. The Morgan fingerprint density at radius 3 is 2.41 bits per heavy atom. The van der Waals surface area contributed by atoms with Crippen molar-refractivity contribution in [3.8, 4) is 5.69 Å². The summed E-state index contributed by atoms with van der Waals surface area (Å²) < 4.78 is 14.9. The number of nitrogens with zero attached hydrogens (tertiary/aromatic N) is 3. The number of hydrogen-bond donors (Lipinski definition) is 2. The number of benzene rings is 1. The highest BCUT2D eigenvalue weighted by molar-refractivity contribution is 5.94. The SMILES string of the molecule is O=C(c1nn(-c2ccc(F)cc2)c2c1CCC2)N1CCC(O)(C(=O)O)CC1. The van der Waals surface area contributed by atoms with Crippen LogP contribution in [0, 0.1) is 5.82 Å². The van der Waals surface area contributed by atoms with E-state index in [9.17, 15) is 19.1 Å². The van der Waals surface area contributed by atoms with Gasteiger partial charge in [-0.2, -0.15) is 5.10 Å². The van der Waals surface area contributed by atoms with Gasteiger partial charge in [0.1, 0.15) is 5.82 Å². The molecule has 0 atom stereocenters. The zero-order chi connectivity index (χ0) is 19.2. The van der Waals surface area contributed by atoms with E-state index in [1.54, 1.807) is 21.7 Å². The summed E-state index contributed by atoms with van der Waals surface area (Å²) in [7, 11) is 0. The Morgan fingerprint density at radius 2 is 1.78 bits per heavy atom. The van der Waals surface area contributed by atoms with E-state index < -0.39 is 11.6 Å². The minimum absolute atomic E-state index is 0.00503. The molecule has 0 radical (unpaired) electrons. The number of carbonyl (C=O) groups is 2. The lowest BCUT2D eigenvalue weighted by Crippen LogP contribution is -2.51. The lowest BCUT2D eigenvalue weighted by Gasteiger charge is -2.35. The standard InChI is InChI=1S/C19H20FN3O4/c20-12-4-6-13(7-5-12)23-15-3-1-2-14(15)16(21-23)17(24)22-10-8-19(27,9-11-22)18(25)26/h4-7,27H,1-3,8-11H2,(H,25,26). The van der Waals surface area contributed by atoms with Crippen molar-refractivity contribution in [1.29, 1.82) is 0 Å². The molecule has 142 valence electrons. The van der Waals surface area contributed by atoms with Crippen molar-refractivity contribution in [3.63, 3.8) is 0 Å². The Morgan fingerprint density at radius 1 is 1.11 bits per heavy atom. The van der Waals surface area contributed by atoms with E-state index >= 15 is 0 Å². The first-order valence-corrected chi connectivity index (χ1v) is 9.01. The number of halogens is 1. The molecule has 1 aromatic carbocycles. The molecule has 4 rings (SSSR count). The summed E-state index contributed by atoms with van der Waals surface area (Å²) in [6, 6.07) is 5.97. The molecule has 2 aliphatic rings. The molecule has 1 aliphatic heterocycles. The summed E-state index contributed by atoms with van der Waals surface area (Å²) in [4.78, 5) is 25.7. The lowest BCUT2D eigenvalue weighted by atomic mass is 9.91. The van der Waals surface area contributed by atoms with Crippen molar-refractivity contribution in [2.45, 2.75) is 37.7 Å². The average molecular weight is 373 g/mol. The number of piperidine rings is 1. The molecule has 0 saturated carbocycles.